The minimum Gasteiger partial charge on any atom is -0.507 e. The fourth-order valence-corrected chi connectivity index (χ4v) is 4.84. The van der Waals surface area contributed by atoms with Gasteiger partial charge in [0.1, 0.15) is 11.5 Å². The smallest absolute Gasteiger partial charge is 0.295 e. The highest BCUT2D eigenvalue weighted by Gasteiger charge is 2.46. The third-order valence-corrected chi connectivity index (χ3v) is 6.77. The molecule has 1 amide bonds. The Morgan fingerprint density at radius 1 is 1.00 bits per heavy atom. The van der Waals surface area contributed by atoms with Crippen LogP contribution in [0.4, 0.5) is 0 Å². The second kappa shape index (κ2) is 11.7. The topological polar surface area (TPSA) is 97.8 Å². The summed E-state index contributed by atoms with van der Waals surface area (Å²) in [4.78, 5) is 30.4. The molecule has 0 spiro atoms. The summed E-state index contributed by atoms with van der Waals surface area (Å²) < 4.78 is 22.0. The molecule has 2 fully saturated rings. The first-order valence-electron chi connectivity index (χ1n) is 12.4. The van der Waals surface area contributed by atoms with E-state index in [-0.39, 0.29) is 11.3 Å². The van der Waals surface area contributed by atoms with E-state index in [0.717, 1.165) is 18.7 Å². The maximum absolute atomic E-state index is 13.4. The number of benzene rings is 2. The molecule has 2 aliphatic heterocycles. The fraction of sp³-hybridized carbons (Fsp3) is 0.429. The molecule has 2 aromatic carbocycles. The lowest BCUT2D eigenvalue weighted by molar-refractivity contribution is -0.140. The van der Waals surface area contributed by atoms with Crippen LogP contribution in [-0.2, 0) is 14.3 Å². The highest BCUT2D eigenvalue weighted by Crippen LogP contribution is 2.42. The molecule has 9 nitrogen and oxygen atoms in total. The molecule has 2 saturated heterocycles. The number of hydrogen-bond acceptors (Lipinski definition) is 8. The number of aliphatic hydroxyl groups excluding tert-OH is 1. The van der Waals surface area contributed by atoms with Gasteiger partial charge in [-0.1, -0.05) is 6.07 Å². The highest BCUT2D eigenvalue weighted by atomic mass is 16.5. The Bertz CT molecular complexity index is 1190. The molecular weight excluding hydrogens is 476 g/mol. The molecule has 1 N–H and O–H groups in total. The van der Waals surface area contributed by atoms with Crippen molar-refractivity contribution >= 4 is 17.4 Å². The van der Waals surface area contributed by atoms with E-state index < -0.39 is 17.7 Å². The Hall–Kier alpha value is -3.56. The van der Waals surface area contributed by atoms with Crippen molar-refractivity contribution in [2.45, 2.75) is 19.9 Å². The lowest BCUT2D eigenvalue weighted by Gasteiger charge is -2.31. The van der Waals surface area contributed by atoms with Crippen LogP contribution in [0.25, 0.3) is 5.76 Å². The van der Waals surface area contributed by atoms with E-state index >= 15 is 0 Å². The van der Waals surface area contributed by atoms with Crippen molar-refractivity contribution in [2.24, 2.45) is 0 Å². The number of ketones is 1. The van der Waals surface area contributed by atoms with Crippen molar-refractivity contribution in [3.05, 3.63) is 58.7 Å². The van der Waals surface area contributed by atoms with Crippen LogP contribution < -0.4 is 14.2 Å². The first kappa shape index (κ1) is 26.5. The summed E-state index contributed by atoms with van der Waals surface area (Å²) in [6.07, 6.45) is 0. The van der Waals surface area contributed by atoms with Crippen LogP contribution in [0, 0.1) is 6.92 Å². The number of carbonyl (C=O) groups is 2. The van der Waals surface area contributed by atoms with Crippen LogP contribution in [0.2, 0.25) is 0 Å². The Morgan fingerprint density at radius 3 is 2.35 bits per heavy atom. The number of aryl methyl sites for hydroxylation is 1. The average Bonchev–Trinajstić information content (AvgIpc) is 3.17. The van der Waals surface area contributed by atoms with Gasteiger partial charge in [-0.25, -0.2) is 0 Å². The summed E-state index contributed by atoms with van der Waals surface area (Å²) >= 11 is 0. The Balaban J connectivity index is 1.79. The monoisotopic (exact) mass is 510 g/mol. The van der Waals surface area contributed by atoms with Crippen LogP contribution in [-0.4, -0.2) is 86.8 Å². The van der Waals surface area contributed by atoms with Gasteiger partial charge in [-0.05, 0) is 55.3 Å². The van der Waals surface area contributed by atoms with Gasteiger partial charge in [0.05, 0.1) is 45.7 Å². The molecule has 1 unspecified atom stereocenters. The lowest BCUT2D eigenvalue weighted by atomic mass is 9.94. The molecule has 2 heterocycles. The number of morpholine rings is 1. The second-order valence-corrected chi connectivity index (χ2v) is 8.97. The van der Waals surface area contributed by atoms with Gasteiger partial charge in [0.15, 0.2) is 11.5 Å². The molecule has 1 atom stereocenters. The molecule has 198 valence electrons. The molecule has 37 heavy (non-hydrogen) atoms. The van der Waals surface area contributed by atoms with E-state index in [1.165, 1.54) is 12.0 Å². The number of nitrogens with zero attached hydrogens (tertiary/aromatic N) is 2. The zero-order valence-electron chi connectivity index (χ0n) is 21.8. The van der Waals surface area contributed by atoms with Crippen molar-refractivity contribution in [3.8, 4) is 17.2 Å². The molecule has 0 bridgehead atoms. The first-order valence-corrected chi connectivity index (χ1v) is 12.4. The average molecular weight is 511 g/mol. The van der Waals surface area contributed by atoms with E-state index in [0.29, 0.717) is 61.3 Å². The number of carbonyl (C=O) groups excluding carboxylic acids is 2. The Morgan fingerprint density at radius 2 is 1.70 bits per heavy atom. The summed E-state index contributed by atoms with van der Waals surface area (Å²) in [6, 6.07) is 9.69. The minimum absolute atomic E-state index is 0.0442. The van der Waals surface area contributed by atoms with Crippen molar-refractivity contribution < 1.29 is 33.6 Å². The third-order valence-electron chi connectivity index (χ3n) is 6.77. The molecule has 0 saturated carbocycles. The summed E-state index contributed by atoms with van der Waals surface area (Å²) in [5.74, 6) is 0.123. The van der Waals surface area contributed by atoms with Crippen molar-refractivity contribution in [2.75, 3.05) is 60.2 Å². The molecule has 0 radical (unpaired) electrons. The second-order valence-electron chi connectivity index (χ2n) is 8.97. The zero-order chi connectivity index (χ0) is 26.5. The Labute approximate surface area is 217 Å². The van der Waals surface area contributed by atoms with Crippen molar-refractivity contribution in [3.63, 3.8) is 0 Å². The molecule has 2 aliphatic rings. The maximum atomic E-state index is 13.4. The number of aliphatic hydroxyl groups is 1. The van der Waals surface area contributed by atoms with Crippen LogP contribution in [0.1, 0.15) is 29.7 Å². The summed E-state index contributed by atoms with van der Waals surface area (Å²) in [5.41, 5.74) is 1.93. The van der Waals surface area contributed by atoms with Crippen LogP contribution in [0.5, 0.6) is 17.2 Å². The Kier molecular flexibility index (Phi) is 8.35. The number of likely N-dealkylation sites (tertiary alicyclic amines) is 1. The maximum Gasteiger partial charge on any atom is 0.295 e. The summed E-state index contributed by atoms with van der Waals surface area (Å²) in [6.45, 7) is 7.89. The standard InChI is InChI=1S/C28H34N2O7/c1-5-37-22-9-6-19(17-23(22)35-4)25-24(26(31)20-7-8-21(34-3)18(2)16-20)27(32)28(33)30(25)11-10-29-12-14-36-15-13-29/h6-9,16-17,25,31H,5,10-15H2,1-4H3/b26-24-. The van der Waals surface area contributed by atoms with E-state index in [4.69, 9.17) is 18.9 Å². The number of Topliss-reactive ketones (excluding diaryl/α,β-unsaturated/α-hetero) is 1. The zero-order valence-corrected chi connectivity index (χ0v) is 21.8. The highest BCUT2D eigenvalue weighted by molar-refractivity contribution is 6.46. The van der Waals surface area contributed by atoms with E-state index in [2.05, 4.69) is 4.90 Å². The third kappa shape index (κ3) is 5.42. The normalized spacial score (nSPS) is 19.8. The molecule has 0 aliphatic carbocycles. The molecule has 9 heteroatoms. The van der Waals surface area contributed by atoms with Crippen LogP contribution in [0.3, 0.4) is 0 Å². The molecule has 0 aromatic heterocycles. The number of amides is 1. The van der Waals surface area contributed by atoms with E-state index in [1.54, 1.807) is 43.5 Å². The van der Waals surface area contributed by atoms with Gasteiger partial charge in [0.2, 0.25) is 0 Å². The fourth-order valence-electron chi connectivity index (χ4n) is 4.84. The first-order chi connectivity index (χ1) is 17.9. The number of hydrogen-bond donors (Lipinski definition) is 1. The van der Waals surface area contributed by atoms with Crippen LogP contribution >= 0.6 is 0 Å². The molecular formula is C28H34N2O7. The SMILES string of the molecule is CCOc1ccc(C2/C(=C(/O)c3ccc(OC)c(C)c3)C(=O)C(=O)N2CCN2CCOCC2)cc1OC. The van der Waals surface area contributed by atoms with Gasteiger partial charge < -0.3 is 29.0 Å². The van der Waals surface area contributed by atoms with Gasteiger partial charge in [-0.2, -0.15) is 0 Å². The molecule has 4 rings (SSSR count). The van der Waals surface area contributed by atoms with Crippen molar-refractivity contribution in [1.29, 1.82) is 0 Å². The van der Waals surface area contributed by atoms with Gasteiger partial charge >= 0.3 is 0 Å². The van der Waals surface area contributed by atoms with Crippen LogP contribution in [0.15, 0.2) is 42.0 Å². The minimum atomic E-state index is -0.784. The number of rotatable bonds is 9. The number of ether oxygens (including phenoxy) is 4. The predicted molar refractivity (Wildman–Crippen MR) is 138 cm³/mol. The van der Waals surface area contributed by atoms with Crippen molar-refractivity contribution in [1.82, 2.24) is 9.80 Å². The van der Waals surface area contributed by atoms with E-state index in [9.17, 15) is 14.7 Å². The van der Waals surface area contributed by atoms with Gasteiger partial charge in [-0.15, -0.1) is 0 Å². The summed E-state index contributed by atoms with van der Waals surface area (Å²) in [5, 5.41) is 11.4. The molecule has 2 aromatic rings. The van der Waals surface area contributed by atoms with Gasteiger partial charge in [0.25, 0.3) is 11.7 Å². The largest absolute Gasteiger partial charge is 0.507 e. The summed E-state index contributed by atoms with van der Waals surface area (Å²) in [7, 11) is 3.11. The van der Waals surface area contributed by atoms with E-state index in [1.807, 2.05) is 13.8 Å². The quantitative estimate of drug-likeness (QED) is 0.312. The van der Waals surface area contributed by atoms with Gasteiger partial charge in [0, 0.05) is 31.7 Å². The number of methoxy groups -OCH3 is 2. The predicted octanol–water partition coefficient (Wildman–Crippen LogP) is 3.16. The lowest BCUT2D eigenvalue weighted by Crippen LogP contribution is -2.42. The van der Waals surface area contributed by atoms with Gasteiger partial charge in [-0.3, -0.25) is 14.5 Å².